The van der Waals surface area contributed by atoms with Gasteiger partial charge in [-0.05, 0) is 109 Å². The Bertz CT molecular complexity index is 4530. The molecule has 11 aromatic carbocycles. The van der Waals surface area contributed by atoms with Crippen molar-refractivity contribution in [2.24, 2.45) is 0 Å². The number of hydrogen-bond acceptors (Lipinski definition) is 2. The van der Waals surface area contributed by atoms with E-state index in [1.807, 2.05) is 0 Å². The first-order chi connectivity index (χ1) is 35.3. The van der Waals surface area contributed by atoms with Crippen molar-refractivity contribution in [1.29, 1.82) is 0 Å². The van der Waals surface area contributed by atoms with Crippen LogP contribution in [0.5, 0.6) is 0 Å². The van der Waals surface area contributed by atoms with Crippen LogP contribution < -0.4 is 0 Å². The maximum absolute atomic E-state index is 5.69. The molecule has 0 atom stereocenters. The molecule has 0 saturated carbocycles. The van der Waals surface area contributed by atoms with Crippen molar-refractivity contribution in [1.82, 2.24) is 19.1 Å². The number of hydrogen-bond donors (Lipinski definition) is 0. The minimum Gasteiger partial charge on any atom is -0.309 e. The maximum Gasteiger partial charge on any atom is 0.235 e. The van der Waals surface area contributed by atoms with Gasteiger partial charge in [0, 0.05) is 43.7 Å². The lowest BCUT2D eigenvalue weighted by Crippen LogP contribution is -2.26. The van der Waals surface area contributed by atoms with Gasteiger partial charge in [-0.1, -0.05) is 194 Å². The quantitative estimate of drug-likeness (QED) is 0.176. The van der Waals surface area contributed by atoms with Gasteiger partial charge in [0.25, 0.3) is 0 Å². The zero-order valence-electron chi connectivity index (χ0n) is 38.4. The van der Waals surface area contributed by atoms with Crippen molar-refractivity contribution < 1.29 is 0 Å². The highest BCUT2D eigenvalue weighted by atomic mass is 15.2. The molecule has 16 rings (SSSR count). The first-order valence-corrected chi connectivity index (χ1v) is 24.5. The number of rotatable bonds is 4. The van der Waals surface area contributed by atoms with Crippen molar-refractivity contribution in [3.05, 3.63) is 265 Å². The van der Waals surface area contributed by atoms with Crippen molar-refractivity contribution in [2.75, 3.05) is 0 Å². The van der Waals surface area contributed by atoms with E-state index in [0.29, 0.717) is 5.95 Å². The van der Waals surface area contributed by atoms with Gasteiger partial charge in [-0.3, -0.25) is 4.57 Å². The Morgan fingerprint density at radius 1 is 0.338 bits per heavy atom. The largest absolute Gasteiger partial charge is 0.309 e. The van der Waals surface area contributed by atoms with Crippen molar-refractivity contribution in [2.45, 2.75) is 5.41 Å². The molecule has 0 N–H and O–H groups in total. The van der Waals surface area contributed by atoms with Crippen LogP contribution >= 0.6 is 0 Å². The van der Waals surface area contributed by atoms with Gasteiger partial charge in [-0.25, -0.2) is 9.97 Å². The summed E-state index contributed by atoms with van der Waals surface area (Å²) in [5.41, 5.74) is 20.5. The molecule has 3 aromatic heterocycles. The fraction of sp³-hybridized carbons (Fsp3) is 0.0149. The lowest BCUT2D eigenvalue weighted by atomic mass is 9.70. The van der Waals surface area contributed by atoms with Gasteiger partial charge < -0.3 is 4.57 Å². The Balaban J connectivity index is 1.08. The van der Waals surface area contributed by atoms with E-state index in [1.165, 1.54) is 82.5 Å². The van der Waals surface area contributed by atoms with Crippen molar-refractivity contribution in [3.8, 4) is 56.3 Å². The molecule has 3 heterocycles. The highest BCUT2D eigenvalue weighted by molar-refractivity contribution is 6.28. The molecular formula is C67H40N4. The van der Waals surface area contributed by atoms with Gasteiger partial charge in [-0.2, -0.15) is 0 Å². The van der Waals surface area contributed by atoms with E-state index < -0.39 is 5.41 Å². The third-order valence-corrected chi connectivity index (χ3v) is 15.7. The van der Waals surface area contributed by atoms with E-state index in [1.54, 1.807) is 0 Å². The van der Waals surface area contributed by atoms with E-state index in [2.05, 4.69) is 252 Å². The molecule has 14 aromatic rings. The third kappa shape index (κ3) is 5.07. The summed E-state index contributed by atoms with van der Waals surface area (Å²) in [6.45, 7) is 0. The summed E-state index contributed by atoms with van der Waals surface area (Å²) in [7, 11) is 0. The molecule has 0 aliphatic heterocycles. The molecule has 0 bridgehead atoms. The second-order valence-electron chi connectivity index (χ2n) is 19.1. The maximum atomic E-state index is 5.69. The fourth-order valence-electron chi connectivity index (χ4n) is 13.0. The molecule has 4 nitrogen and oxygen atoms in total. The normalized spacial score (nSPS) is 13.2. The van der Waals surface area contributed by atoms with Crippen LogP contribution in [0.2, 0.25) is 0 Å². The van der Waals surface area contributed by atoms with Crippen LogP contribution in [-0.2, 0) is 5.41 Å². The molecule has 328 valence electrons. The zero-order valence-corrected chi connectivity index (χ0v) is 38.4. The number of nitrogens with zero attached hydrogens (tertiary/aromatic N) is 4. The first kappa shape index (κ1) is 38.6. The molecule has 1 spiro atoms. The van der Waals surface area contributed by atoms with Crippen LogP contribution in [0.1, 0.15) is 22.3 Å². The molecule has 2 aliphatic carbocycles. The van der Waals surface area contributed by atoms with E-state index in [-0.39, 0.29) is 0 Å². The lowest BCUT2D eigenvalue weighted by molar-refractivity contribution is 0.796. The molecule has 0 unspecified atom stereocenters. The van der Waals surface area contributed by atoms with Crippen LogP contribution in [0.25, 0.3) is 122 Å². The molecule has 0 fully saturated rings. The van der Waals surface area contributed by atoms with Crippen LogP contribution in [-0.4, -0.2) is 19.1 Å². The van der Waals surface area contributed by atoms with Gasteiger partial charge in [0.1, 0.15) is 0 Å². The molecule has 0 radical (unpaired) electrons. The number of benzene rings is 11. The topological polar surface area (TPSA) is 35.6 Å². The second kappa shape index (κ2) is 14.3. The van der Waals surface area contributed by atoms with E-state index in [9.17, 15) is 0 Å². The number of para-hydroxylation sites is 3. The number of aromatic nitrogens is 4. The lowest BCUT2D eigenvalue weighted by Gasteiger charge is -2.31. The smallest absolute Gasteiger partial charge is 0.235 e. The Morgan fingerprint density at radius 2 is 0.859 bits per heavy atom. The minimum absolute atomic E-state index is 0.631. The summed E-state index contributed by atoms with van der Waals surface area (Å²) < 4.78 is 4.81. The summed E-state index contributed by atoms with van der Waals surface area (Å²) >= 11 is 0. The van der Waals surface area contributed by atoms with Crippen LogP contribution in [0, 0.1) is 0 Å². The van der Waals surface area contributed by atoms with E-state index >= 15 is 0 Å². The second-order valence-corrected chi connectivity index (χ2v) is 19.1. The highest BCUT2D eigenvalue weighted by Crippen LogP contribution is 2.66. The minimum atomic E-state index is -0.631. The van der Waals surface area contributed by atoms with Crippen LogP contribution in [0.4, 0.5) is 0 Å². The molecule has 2 aliphatic rings. The Labute approximate surface area is 409 Å². The van der Waals surface area contributed by atoms with Gasteiger partial charge >= 0.3 is 0 Å². The number of fused-ring (bicyclic) bond motifs is 21. The zero-order chi connectivity index (χ0) is 46.4. The fourth-order valence-corrected chi connectivity index (χ4v) is 13.0. The summed E-state index contributed by atoms with van der Waals surface area (Å²) in [5, 5.41) is 8.29. The predicted octanol–water partition coefficient (Wildman–Crippen LogP) is 16.7. The van der Waals surface area contributed by atoms with Gasteiger partial charge in [-0.15, -0.1) is 0 Å². The average molecular weight is 901 g/mol. The summed E-state index contributed by atoms with van der Waals surface area (Å²) in [6, 6.07) is 89.0. The summed E-state index contributed by atoms with van der Waals surface area (Å²) in [4.78, 5) is 11.3. The van der Waals surface area contributed by atoms with Gasteiger partial charge in [0.05, 0.1) is 38.7 Å². The monoisotopic (exact) mass is 900 g/mol. The first-order valence-electron chi connectivity index (χ1n) is 24.5. The Kier molecular flexibility index (Phi) is 7.79. The molecule has 0 amide bonds. The molecule has 71 heavy (non-hydrogen) atoms. The van der Waals surface area contributed by atoms with E-state index in [0.717, 1.165) is 55.4 Å². The standard InChI is InChI=1S/C67H40N4/c1-3-19-41(20-4-1)64-51-29-12-17-33-57(51)68-66(69-64)71-60-38-36-43(42-35-37-59-52(39-42)47-25-13-18-34-58(47)70(59)44-21-5-2-6-22-44)40-53(60)62-49-27-8-7-26-48(49)61-50-28-11-16-32-56(50)67(63(61)65(62)71)54-30-14-9-23-45(54)46-24-10-15-31-55(46)67/h1-40H. The average Bonchev–Trinajstić information content (AvgIpc) is 4.17. The van der Waals surface area contributed by atoms with Crippen LogP contribution in [0.15, 0.2) is 243 Å². The Hall–Kier alpha value is -9.38. The van der Waals surface area contributed by atoms with Gasteiger partial charge in [0.2, 0.25) is 5.95 Å². The third-order valence-electron chi connectivity index (χ3n) is 15.7. The van der Waals surface area contributed by atoms with Crippen LogP contribution in [0.3, 0.4) is 0 Å². The van der Waals surface area contributed by atoms with E-state index in [4.69, 9.17) is 9.97 Å². The van der Waals surface area contributed by atoms with Crippen molar-refractivity contribution >= 4 is 65.3 Å². The summed E-state index contributed by atoms with van der Waals surface area (Å²) in [6.07, 6.45) is 0. The predicted molar refractivity (Wildman–Crippen MR) is 293 cm³/mol. The van der Waals surface area contributed by atoms with Crippen molar-refractivity contribution in [3.63, 3.8) is 0 Å². The molecular weight excluding hydrogens is 861 g/mol. The Morgan fingerprint density at radius 3 is 1.58 bits per heavy atom. The van der Waals surface area contributed by atoms with Gasteiger partial charge in [0.15, 0.2) is 0 Å². The molecule has 0 saturated heterocycles. The SMILES string of the molecule is c1ccc(-c2nc(-n3c4ccc(-c5ccc6c(c5)c5ccccc5n6-c5ccccc5)cc4c4c5ccccc5c5c(c43)C3(c4ccccc4-c4ccccc43)c3ccccc3-5)nc3ccccc23)cc1. The summed E-state index contributed by atoms with van der Waals surface area (Å²) in [5.74, 6) is 0.647. The highest BCUT2D eigenvalue weighted by Gasteiger charge is 2.53. The molecule has 4 heteroatoms.